The van der Waals surface area contributed by atoms with E-state index < -0.39 is 8.07 Å². The fraction of sp³-hybridized carbons (Fsp3) is 0.688. The lowest BCUT2D eigenvalue weighted by Crippen LogP contribution is -2.52. The number of ether oxygens (including phenoxy) is 1. The highest BCUT2D eigenvalue weighted by Gasteiger charge is 2.51. The summed E-state index contributed by atoms with van der Waals surface area (Å²) in [5.74, 6) is 1.61. The number of aryl methyl sites for hydroxylation is 1. The van der Waals surface area contributed by atoms with Crippen molar-refractivity contribution in [2.24, 2.45) is 17.8 Å². The molecule has 0 bridgehead atoms. The lowest BCUT2D eigenvalue weighted by atomic mass is 9.75. The molecule has 1 amide bonds. The summed E-state index contributed by atoms with van der Waals surface area (Å²) in [6.07, 6.45) is 5.11. The number of carbonyl (C=O) groups excluding carboxylic acids is 2. The Morgan fingerprint density at radius 3 is 2.11 bits per heavy atom. The van der Waals surface area contributed by atoms with Gasteiger partial charge in [-0.15, -0.1) is 0 Å². The van der Waals surface area contributed by atoms with Crippen molar-refractivity contribution < 1.29 is 14.3 Å². The molecule has 206 valence electrons. The Labute approximate surface area is 227 Å². The number of hydrogen-bond acceptors (Lipinski definition) is 3. The molecule has 2 aliphatic rings. The largest absolute Gasteiger partial charge is 0.446 e. The molecule has 0 spiro atoms. The Morgan fingerprint density at radius 2 is 1.57 bits per heavy atom. The van der Waals surface area contributed by atoms with E-state index >= 15 is 0 Å². The standard InChI is InChI=1S/C32H51NO3Si/c1-20(2)26-16-15-24(9)17-30(26)36-32(35)33-19-31(37(21(3)4,22(5)6)23(7)8)29(34)18-28(33)27-14-12-11-13-25(27)10/h11-14,19-24,26,28,30H,15-18H2,1-10H3/t24-,26+,28-,30-/m1/s1. The molecule has 1 aliphatic heterocycles. The van der Waals surface area contributed by atoms with Crippen molar-refractivity contribution >= 4 is 20.0 Å². The van der Waals surface area contributed by atoms with Crippen molar-refractivity contribution in [2.75, 3.05) is 0 Å². The number of hydrogen-bond donors (Lipinski definition) is 0. The van der Waals surface area contributed by atoms with Crippen LogP contribution in [0, 0.1) is 24.7 Å². The van der Waals surface area contributed by atoms with Crippen LogP contribution in [0.1, 0.15) is 105 Å². The first-order chi connectivity index (χ1) is 17.3. The molecule has 1 aromatic carbocycles. The maximum Gasteiger partial charge on any atom is 0.414 e. The highest BCUT2D eigenvalue weighted by molar-refractivity contribution is 6.93. The van der Waals surface area contributed by atoms with Crippen LogP contribution in [0.25, 0.3) is 0 Å². The monoisotopic (exact) mass is 525 g/mol. The third-order valence-corrected chi connectivity index (χ3v) is 16.7. The SMILES string of the molecule is Cc1ccccc1[C@H]1CC(=O)C([Si](C(C)C)(C(C)C)C(C)C)=CN1C(=O)O[C@@H]1C[C@H](C)CC[C@H]1C(C)C. The zero-order valence-electron chi connectivity index (χ0n) is 25.0. The molecule has 0 aromatic heterocycles. The van der Waals surface area contributed by atoms with Gasteiger partial charge in [-0.3, -0.25) is 9.69 Å². The molecule has 1 heterocycles. The van der Waals surface area contributed by atoms with Gasteiger partial charge in [-0.1, -0.05) is 93.0 Å². The second-order valence-electron chi connectivity index (χ2n) is 13.1. The summed E-state index contributed by atoms with van der Waals surface area (Å²) in [4.78, 5) is 29.9. The normalized spacial score (nSPS) is 25.3. The number of Topliss-reactive ketones (excluding diaryl/α,β-unsaturated/α-hetero) is 1. The van der Waals surface area contributed by atoms with Crippen LogP contribution in [0.4, 0.5) is 4.79 Å². The van der Waals surface area contributed by atoms with E-state index in [0.29, 0.717) is 40.8 Å². The Bertz CT molecular complexity index is 974. The van der Waals surface area contributed by atoms with Crippen LogP contribution in [0.5, 0.6) is 0 Å². The van der Waals surface area contributed by atoms with E-state index in [9.17, 15) is 9.59 Å². The molecule has 5 heteroatoms. The molecule has 1 fully saturated rings. The number of nitrogens with zero attached hydrogens (tertiary/aromatic N) is 1. The molecule has 4 atom stereocenters. The number of ketones is 1. The number of carbonyl (C=O) groups is 2. The summed E-state index contributed by atoms with van der Waals surface area (Å²) < 4.78 is 6.39. The molecule has 4 nitrogen and oxygen atoms in total. The topological polar surface area (TPSA) is 46.6 Å². The quantitative estimate of drug-likeness (QED) is 0.334. The Morgan fingerprint density at radius 1 is 0.973 bits per heavy atom. The Balaban J connectivity index is 2.11. The zero-order chi connectivity index (χ0) is 27.7. The second kappa shape index (κ2) is 11.9. The maximum atomic E-state index is 14.1. The van der Waals surface area contributed by atoms with Crippen molar-refractivity contribution in [2.45, 2.75) is 124 Å². The van der Waals surface area contributed by atoms with Crippen LogP contribution >= 0.6 is 0 Å². The lowest BCUT2D eigenvalue weighted by Gasteiger charge is -2.47. The lowest BCUT2D eigenvalue weighted by molar-refractivity contribution is -0.116. The van der Waals surface area contributed by atoms with Crippen molar-refractivity contribution in [3.63, 3.8) is 0 Å². The van der Waals surface area contributed by atoms with E-state index in [1.807, 2.05) is 23.2 Å². The van der Waals surface area contributed by atoms with Gasteiger partial charge in [-0.05, 0) is 70.5 Å². The van der Waals surface area contributed by atoms with Gasteiger partial charge in [0.15, 0.2) is 5.78 Å². The average Bonchev–Trinajstić information content (AvgIpc) is 2.79. The van der Waals surface area contributed by atoms with Crippen LogP contribution in [-0.4, -0.2) is 31.0 Å². The van der Waals surface area contributed by atoms with Gasteiger partial charge in [0.05, 0.1) is 6.04 Å². The highest BCUT2D eigenvalue weighted by atomic mass is 28.3. The van der Waals surface area contributed by atoms with Gasteiger partial charge in [0.2, 0.25) is 0 Å². The molecule has 3 rings (SSSR count). The molecule has 1 aliphatic carbocycles. The predicted octanol–water partition coefficient (Wildman–Crippen LogP) is 9.01. The minimum Gasteiger partial charge on any atom is -0.446 e. The third kappa shape index (κ3) is 5.77. The Hall–Kier alpha value is -1.88. The molecular formula is C32H51NO3Si. The fourth-order valence-electron chi connectivity index (χ4n) is 7.81. The minimum absolute atomic E-state index is 0.0782. The van der Waals surface area contributed by atoms with Crippen molar-refractivity contribution in [1.82, 2.24) is 4.90 Å². The van der Waals surface area contributed by atoms with E-state index in [2.05, 4.69) is 81.4 Å². The van der Waals surface area contributed by atoms with Crippen molar-refractivity contribution in [3.8, 4) is 0 Å². The third-order valence-electron chi connectivity index (χ3n) is 9.59. The molecule has 0 saturated heterocycles. The second-order valence-corrected chi connectivity index (χ2v) is 19.0. The van der Waals surface area contributed by atoms with Crippen molar-refractivity contribution in [3.05, 3.63) is 46.8 Å². The summed E-state index contributed by atoms with van der Waals surface area (Å²) in [5.41, 5.74) is 3.30. The van der Waals surface area contributed by atoms with E-state index in [1.165, 1.54) is 6.42 Å². The minimum atomic E-state index is -2.25. The smallest absolute Gasteiger partial charge is 0.414 e. The number of rotatable bonds is 7. The zero-order valence-corrected chi connectivity index (χ0v) is 26.0. The van der Waals surface area contributed by atoms with Crippen LogP contribution < -0.4 is 0 Å². The van der Waals surface area contributed by atoms with Gasteiger partial charge in [0.1, 0.15) is 14.2 Å². The van der Waals surface area contributed by atoms with Gasteiger partial charge in [0, 0.05) is 12.6 Å². The molecule has 0 radical (unpaired) electrons. The van der Waals surface area contributed by atoms with Crippen LogP contribution in [-0.2, 0) is 9.53 Å². The summed E-state index contributed by atoms with van der Waals surface area (Å²) >= 11 is 0. The maximum absolute atomic E-state index is 14.1. The number of allylic oxidation sites excluding steroid dienone is 1. The predicted molar refractivity (Wildman–Crippen MR) is 156 cm³/mol. The van der Waals surface area contributed by atoms with Crippen LogP contribution in [0.2, 0.25) is 16.6 Å². The van der Waals surface area contributed by atoms with E-state index in [4.69, 9.17) is 4.74 Å². The van der Waals surface area contributed by atoms with Crippen LogP contribution in [0.3, 0.4) is 0 Å². The van der Waals surface area contributed by atoms with Gasteiger partial charge in [-0.25, -0.2) is 4.79 Å². The van der Waals surface area contributed by atoms with Crippen LogP contribution in [0.15, 0.2) is 35.7 Å². The van der Waals surface area contributed by atoms with Gasteiger partial charge < -0.3 is 4.74 Å². The van der Waals surface area contributed by atoms with Crippen molar-refractivity contribution in [1.29, 1.82) is 0 Å². The fourth-order valence-corrected chi connectivity index (χ4v) is 14.6. The van der Waals surface area contributed by atoms with Gasteiger partial charge in [0.25, 0.3) is 0 Å². The Kier molecular flexibility index (Phi) is 9.53. The average molecular weight is 526 g/mol. The first-order valence-corrected chi connectivity index (χ1v) is 16.8. The first-order valence-electron chi connectivity index (χ1n) is 14.6. The van der Waals surface area contributed by atoms with Gasteiger partial charge in [-0.2, -0.15) is 0 Å². The first kappa shape index (κ1) is 29.7. The number of amides is 1. The molecule has 0 N–H and O–H groups in total. The summed E-state index contributed by atoms with van der Waals surface area (Å²) in [6.45, 7) is 22.4. The molecule has 37 heavy (non-hydrogen) atoms. The van der Waals surface area contributed by atoms with E-state index in [1.54, 1.807) is 0 Å². The summed E-state index contributed by atoms with van der Waals surface area (Å²) in [5, 5.41) is 0.923. The van der Waals surface area contributed by atoms with E-state index in [0.717, 1.165) is 29.2 Å². The molecule has 0 unspecified atom stereocenters. The highest BCUT2D eigenvalue weighted by Crippen LogP contribution is 2.49. The number of benzene rings is 1. The van der Waals surface area contributed by atoms with Gasteiger partial charge >= 0.3 is 6.09 Å². The molecule has 1 aromatic rings. The molecular weight excluding hydrogens is 474 g/mol. The van der Waals surface area contributed by atoms with E-state index in [-0.39, 0.29) is 24.0 Å². The summed E-state index contributed by atoms with van der Waals surface area (Å²) in [6, 6.07) is 7.81. The summed E-state index contributed by atoms with van der Waals surface area (Å²) in [7, 11) is -2.25. The molecule has 1 saturated carbocycles.